The summed E-state index contributed by atoms with van der Waals surface area (Å²) < 4.78 is 30.5. The molecule has 11 heteroatoms. The summed E-state index contributed by atoms with van der Waals surface area (Å²) in [6.07, 6.45) is 1.99. The number of phenols is 1. The van der Waals surface area contributed by atoms with Crippen LogP contribution in [0.15, 0.2) is 24.4 Å². The predicted octanol–water partition coefficient (Wildman–Crippen LogP) is 1.79. The number of benzene rings is 1. The third-order valence-corrected chi connectivity index (χ3v) is 6.60. The van der Waals surface area contributed by atoms with Gasteiger partial charge < -0.3 is 10.4 Å². The van der Waals surface area contributed by atoms with Crippen molar-refractivity contribution in [3.63, 3.8) is 0 Å². The number of rotatable bonds is 4. The number of likely N-dealkylation sites (N-methyl/N-ethyl adjacent to an activating group) is 1. The molecular formula is C17H22ClN5O4S. The zero-order chi connectivity index (χ0) is 20.6. The number of anilines is 1. The molecule has 2 heterocycles. The number of phenolic OH excluding ortho intramolecular Hbond substituents is 1. The Morgan fingerprint density at radius 1 is 1.46 bits per heavy atom. The lowest BCUT2D eigenvalue weighted by Gasteiger charge is -2.36. The Labute approximate surface area is 168 Å². The van der Waals surface area contributed by atoms with Crippen molar-refractivity contribution in [3.8, 4) is 5.75 Å². The van der Waals surface area contributed by atoms with Gasteiger partial charge in [-0.2, -0.15) is 22.5 Å². The van der Waals surface area contributed by atoms with E-state index in [9.17, 15) is 18.3 Å². The molecule has 1 fully saturated rings. The lowest BCUT2D eigenvalue weighted by molar-refractivity contribution is -0.120. The molecule has 1 aromatic carbocycles. The van der Waals surface area contributed by atoms with Gasteiger partial charge >= 0.3 is 0 Å². The van der Waals surface area contributed by atoms with Gasteiger partial charge in [0.05, 0.1) is 17.4 Å². The normalized spacial score (nSPS) is 22.1. The van der Waals surface area contributed by atoms with Crippen molar-refractivity contribution < 1.29 is 18.3 Å². The third kappa shape index (κ3) is 4.00. The Hall–Kier alpha value is -2.14. The Balaban J connectivity index is 1.89. The predicted molar refractivity (Wildman–Crippen MR) is 105 cm³/mol. The highest BCUT2D eigenvalue weighted by Gasteiger charge is 2.41. The monoisotopic (exact) mass is 427 g/mol. The molecule has 9 nitrogen and oxygen atoms in total. The molecule has 1 aromatic heterocycles. The molecule has 0 spiro atoms. The van der Waals surface area contributed by atoms with Crippen LogP contribution in [-0.2, 0) is 21.5 Å². The van der Waals surface area contributed by atoms with E-state index in [1.54, 1.807) is 17.8 Å². The molecule has 0 bridgehead atoms. The fourth-order valence-electron chi connectivity index (χ4n) is 3.17. The van der Waals surface area contributed by atoms with Crippen molar-refractivity contribution in [1.82, 2.24) is 18.8 Å². The van der Waals surface area contributed by atoms with Crippen LogP contribution in [0, 0.1) is 6.92 Å². The van der Waals surface area contributed by atoms with Gasteiger partial charge in [0, 0.05) is 30.4 Å². The number of amides is 1. The third-order valence-electron chi connectivity index (χ3n) is 4.77. The van der Waals surface area contributed by atoms with Crippen molar-refractivity contribution in [3.05, 3.63) is 40.7 Å². The van der Waals surface area contributed by atoms with E-state index in [0.29, 0.717) is 17.3 Å². The zero-order valence-corrected chi connectivity index (χ0v) is 17.3. The first-order valence-electron chi connectivity index (χ1n) is 8.71. The van der Waals surface area contributed by atoms with E-state index < -0.39 is 28.2 Å². The molecule has 0 saturated carbocycles. The fourth-order valence-corrected chi connectivity index (χ4v) is 4.61. The molecule has 1 saturated heterocycles. The van der Waals surface area contributed by atoms with Gasteiger partial charge in [0.1, 0.15) is 11.8 Å². The second kappa shape index (κ2) is 7.70. The molecule has 2 atom stereocenters. The van der Waals surface area contributed by atoms with E-state index >= 15 is 0 Å². The molecule has 28 heavy (non-hydrogen) atoms. The highest BCUT2D eigenvalue weighted by molar-refractivity contribution is 7.87. The maximum Gasteiger partial charge on any atom is 0.280 e. The number of halogens is 1. The van der Waals surface area contributed by atoms with Crippen molar-refractivity contribution in [1.29, 1.82) is 0 Å². The summed E-state index contributed by atoms with van der Waals surface area (Å²) in [6.45, 7) is 4.38. The zero-order valence-electron chi connectivity index (χ0n) is 15.7. The number of carbonyl (C=O) groups excluding carboxylic acids is 1. The minimum atomic E-state index is -3.88. The number of aromatic nitrogens is 2. The first kappa shape index (κ1) is 20.6. The van der Waals surface area contributed by atoms with Crippen LogP contribution in [0.3, 0.4) is 0 Å². The standard InChI is InChI=1S/C17H22ClN5O4S/c1-4-23-9-12(10(2)20-23)13-8-15(22(3)28(26,27)21-13)17(25)19-14-7-11(18)5-6-16(14)24/h5-7,9,13,15,21,24H,4,8H2,1-3H3,(H,19,25)/t13-,15-/m0/s1. The first-order valence-corrected chi connectivity index (χ1v) is 10.5. The van der Waals surface area contributed by atoms with Gasteiger partial charge in [-0.25, -0.2) is 0 Å². The molecule has 1 amide bonds. The minimum absolute atomic E-state index is 0.119. The van der Waals surface area contributed by atoms with Crippen LogP contribution in [0.25, 0.3) is 0 Å². The van der Waals surface area contributed by atoms with Crippen LogP contribution in [0.5, 0.6) is 5.75 Å². The van der Waals surface area contributed by atoms with Crippen molar-refractivity contribution in [2.75, 3.05) is 12.4 Å². The van der Waals surface area contributed by atoms with Gasteiger partial charge in [0.25, 0.3) is 10.2 Å². The van der Waals surface area contributed by atoms with Crippen molar-refractivity contribution in [2.45, 2.75) is 38.9 Å². The van der Waals surface area contributed by atoms with Gasteiger partial charge in [0.2, 0.25) is 5.91 Å². The maximum absolute atomic E-state index is 12.8. The summed E-state index contributed by atoms with van der Waals surface area (Å²) >= 11 is 5.91. The number of hydrogen-bond acceptors (Lipinski definition) is 5. The number of aryl methyl sites for hydroxylation is 2. The number of hydrogen-bond donors (Lipinski definition) is 3. The van der Waals surface area contributed by atoms with Crippen molar-refractivity contribution >= 4 is 33.4 Å². The molecule has 2 aromatic rings. The molecule has 0 radical (unpaired) electrons. The van der Waals surface area contributed by atoms with Gasteiger partial charge in [-0.05, 0) is 38.5 Å². The topological polar surface area (TPSA) is 117 Å². The molecule has 0 unspecified atom stereocenters. The lowest BCUT2D eigenvalue weighted by atomic mass is 10.00. The Bertz CT molecular complexity index is 1010. The summed E-state index contributed by atoms with van der Waals surface area (Å²) in [4.78, 5) is 12.8. The number of nitrogens with one attached hydrogen (secondary N) is 2. The SMILES string of the molecule is CCn1cc([C@@H]2C[C@@H](C(=O)Nc3cc(Cl)ccc3O)N(C)S(=O)(=O)N2)c(C)n1. The van der Waals surface area contributed by atoms with E-state index in [1.165, 1.54) is 25.2 Å². The van der Waals surface area contributed by atoms with E-state index in [4.69, 9.17) is 11.6 Å². The molecule has 3 N–H and O–H groups in total. The molecular weight excluding hydrogens is 406 g/mol. The number of aromatic hydroxyl groups is 1. The smallest absolute Gasteiger partial charge is 0.280 e. The van der Waals surface area contributed by atoms with E-state index in [-0.39, 0.29) is 17.9 Å². The minimum Gasteiger partial charge on any atom is -0.506 e. The van der Waals surface area contributed by atoms with Crippen LogP contribution in [0.4, 0.5) is 5.69 Å². The van der Waals surface area contributed by atoms with E-state index in [0.717, 1.165) is 9.87 Å². The van der Waals surface area contributed by atoms with Gasteiger partial charge in [-0.1, -0.05) is 11.6 Å². The summed E-state index contributed by atoms with van der Waals surface area (Å²) in [7, 11) is -2.54. The van der Waals surface area contributed by atoms with Crippen molar-refractivity contribution in [2.24, 2.45) is 0 Å². The number of carbonyl (C=O) groups is 1. The highest BCUT2D eigenvalue weighted by atomic mass is 35.5. The molecule has 0 aliphatic carbocycles. The van der Waals surface area contributed by atoms with Crippen LogP contribution < -0.4 is 10.0 Å². The average Bonchev–Trinajstić information content (AvgIpc) is 3.01. The van der Waals surface area contributed by atoms with Gasteiger partial charge in [-0.3, -0.25) is 9.48 Å². The Morgan fingerprint density at radius 2 is 2.18 bits per heavy atom. The van der Waals surface area contributed by atoms with E-state index in [1.807, 2.05) is 6.92 Å². The van der Waals surface area contributed by atoms with Gasteiger partial charge in [-0.15, -0.1) is 0 Å². The Morgan fingerprint density at radius 3 is 2.82 bits per heavy atom. The lowest BCUT2D eigenvalue weighted by Crippen LogP contribution is -2.56. The van der Waals surface area contributed by atoms with Gasteiger partial charge in [0.15, 0.2) is 0 Å². The molecule has 1 aliphatic heterocycles. The average molecular weight is 428 g/mol. The quantitative estimate of drug-likeness (QED) is 0.643. The highest BCUT2D eigenvalue weighted by Crippen LogP contribution is 2.31. The van der Waals surface area contributed by atoms with Crippen LogP contribution in [-0.4, -0.2) is 46.6 Å². The molecule has 3 rings (SSSR count). The van der Waals surface area contributed by atoms with Crippen LogP contribution in [0.2, 0.25) is 5.02 Å². The second-order valence-corrected chi connectivity index (χ2v) is 8.82. The fraction of sp³-hybridized carbons (Fsp3) is 0.412. The number of nitrogens with zero attached hydrogens (tertiary/aromatic N) is 3. The van der Waals surface area contributed by atoms with E-state index in [2.05, 4.69) is 15.1 Å². The summed E-state index contributed by atoms with van der Waals surface area (Å²) in [6, 6.07) is 2.67. The maximum atomic E-state index is 12.8. The summed E-state index contributed by atoms with van der Waals surface area (Å²) in [5.41, 5.74) is 1.54. The molecule has 1 aliphatic rings. The summed E-state index contributed by atoms with van der Waals surface area (Å²) in [5, 5.41) is 17.2. The summed E-state index contributed by atoms with van der Waals surface area (Å²) in [5.74, 6) is -0.718. The second-order valence-electron chi connectivity index (χ2n) is 6.62. The molecule has 152 valence electrons. The van der Waals surface area contributed by atoms with Crippen LogP contribution >= 0.6 is 11.6 Å². The first-order chi connectivity index (χ1) is 13.1. The largest absolute Gasteiger partial charge is 0.506 e. The van der Waals surface area contributed by atoms with Crippen LogP contribution in [0.1, 0.15) is 30.6 Å². The Kier molecular flexibility index (Phi) is 5.67.